The van der Waals surface area contributed by atoms with E-state index in [1.54, 1.807) is 4.90 Å². The molecule has 2 bridgehead atoms. The Hall–Kier alpha value is -2.62. The predicted molar refractivity (Wildman–Crippen MR) is 94.5 cm³/mol. The zero-order chi connectivity index (χ0) is 20.4. The zero-order valence-corrected chi connectivity index (χ0v) is 15.4. The van der Waals surface area contributed by atoms with Gasteiger partial charge in [-0.15, -0.1) is 0 Å². The summed E-state index contributed by atoms with van der Waals surface area (Å²) >= 11 is 0. The highest BCUT2D eigenvalue weighted by Crippen LogP contribution is 2.40. The minimum atomic E-state index is -1.68. The van der Waals surface area contributed by atoms with E-state index in [9.17, 15) is 27.6 Å². The minimum Gasteiger partial charge on any atom is -0.366 e. The fourth-order valence-corrected chi connectivity index (χ4v) is 5.00. The zero-order valence-electron chi connectivity index (χ0n) is 15.4. The number of imide groups is 1. The highest BCUT2D eigenvalue weighted by atomic mass is 19.2. The quantitative estimate of drug-likeness (QED) is 0.559. The van der Waals surface area contributed by atoms with Crippen LogP contribution < -0.4 is 15.5 Å². The second kappa shape index (κ2) is 6.45. The van der Waals surface area contributed by atoms with Crippen molar-refractivity contribution in [2.45, 2.75) is 50.4 Å². The number of amides is 3. The van der Waals surface area contributed by atoms with E-state index in [0.29, 0.717) is 13.1 Å². The number of piperazine rings is 1. The number of nitrogens with zero attached hydrogens (tertiary/aromatic N) is 2. The average molecular weight is 408 g/mol. The molecule has 0 spiro atoms. The van der Waals surface area contributed by atoms with Crippen LogP contribution in [0.3, 0.4) is 0 Å². The van der Waals surface area contributed by atoms with Crippen molar-refractivity contribution in [3.05, 3.63) is 28.6 Å². The summed E-state index contributed by atoms with van der Waals surface area (Å²) in [5.41, 5.74) is -0.549. The summed E-state index contributed by atoms with van der Waals surface area (Å²) in [5.74, 6) is -6.48. The Morgan fingerprint density at radius 1 is 0.897 bits per heavy atom. The van der Waals surface area contributed by atoms with Gasteiger partial charge in [0.15, 0.2) is 17.5 Å². The van der Waals surface area contributed by atoms with Crippen LogP contribution in [0.1, 0.15) is 41.6 Å². The first kappa shape index (κ1) is 18.4. The van der Waals surface area contributed by atoms with Gasteiger partial charge < -0.3 is 15.1 Å². The van der Waals surface area contributed by atoms with Crippen LogP contribution in [0, 0.1) is 17.5 Å². The van der Waals surface area contributed by atoms with Crippen molar-refractivity contribution in [3.63, 3.8) is 0 Å². The smallest absolute Gasteiger partial charge is 0.258 e. The van der Waals surface area contributed by atoms with E-state index < -0.39 is 46.8 Å². The van der Waals surface area contributed by atoms with Gasteiger partial charge in [-0.3, -0.25) is 19.7 Å². The van der Waals surface area contributed by atoms with E-state index in [-0.39, 0.29) is 42.7 Å². The molecule has 3 fully saturated rings. The second-order valence-corrected chi connectivity index (χ2v) is 8.09. The number of rotatable bonds is 2. The Bertz CT molecular complexity index is 941. The molecule has 1 aromatic carbocycles. The first-order valence-electron chi connectivity index (χ1n) is 9.70. The molecule has 0 saturated carbocycles. The molecule has 4 heterocycles. The molecule has 3 saturated heterocycles. The predicted octanol–water partition coefficient (Wildman–Crippen LogP) is 0.806. The van der Waals surface area contributed by atoms with Crippen molar-refractivity contribution < 1.29 is 27.6 Å². The van der Waals surface area contributed by atoms with Crippen LogP contribution in [0.25, 0.3) is 0 Å². The number of piperidine rings is 1. The summed E-state index contributed by atoms with van der Waals surface area (Å²) in [5, 5.41) is 5.54. The monoisotopic (exact) mass is 408 g/mol. The van der Waals surface area contributed by atoms with Gasteiger partial charge in [-0.1, -0.05) is 0 Å². The van der Waals surface area contributed by atoms with Gasteiger partial charge in [0.1, 0.15) is 6.04 Å². The van der Waals surface area contributed by atoms with Crippen LogP contribution >= 0.6 is 0 Å². The lowest BCUT2D eigenvalue weighted by atomic mass is 10.0. The summed E-state index contributed by atoms with van der Waals surface area (Å²) in [7, 11) is 0. The van der Waals surface area contributed by atoms with Crippen LogP contribution in [0.5, 0.6) is 0 Å². The number of nitrogens with one attached hydrogen (secondary N) is 2. The van der Waals surface area contributed by atoms with Crippen LogP contribution in [0.15, 0.2) is 0 Å². The molecule has 3 unspecified atom stereocenters. The van der Waals surface area contributed by atoms with Gasteiger partial charge in [0.05, 0.1) is 11.3 Å². The lowest BCUT2D eigenvalue weighted by Gasteiger charge is -2.36. The van der Waals surface area contributed by atoms with Crippen LogP contribution in [-0.4, -0.2) is 53.8 Å². The van der Waals surface area contributed by atoms with Gasteiger partial charge in [-0.05, 0) is 19.3 Å². The molecule has 154 valence electrons. The third-order valence-corrected chi connectivity index (χ3v) is 6.32. The molecular formula is C19H19F3N4O3. The molecular weight excluding hydrogens is 389 g/mol. The Balaban J connectivity index is 1.56. The molecule has 0 aliphatic carbocycles. The average Bonchev–Trinajstić information content (AvgIpc) is 3.19. The van der Waals surface area contributed by atoms with Crippen molar-refractivity contribution in [2.24, 2.45) is 0 Å². The highest BCUT2D eigenvalue weighted by molar-refractivity contribution is 6.06. The van der Waals surface area contributed by atoms with E-state index in [1.165, 1.54) is 0 Å². The summed E-state index contributed by atoms with van der Waals surface area (Å²) in [6, 6.07) is -0.731. The third-order valence-electron chi connectivity index (χ3n) is 6.32. The van der Waals surface area contributed by atoms with Crippen molar-refractivity contribution in [1.29, 1.82) is 0 Å². The van der Waals surface area contributed by atoms with Crippen LogP contribution in [-0.2, 0) is 16.1 Å². The van der Waals surface area contributed by atoms with E-state index in [2.05, 4.69) is 10.6 Å². The van der Waals surface area contributed by atoms with E-state index in [1.807, 2.05) is 0 Å². The number of anilines is 1. The molecule has 29 heavy (non-hydrogen) atoms. The molecule has 0 aromatic heterocycles. The third kappa shape index (κ3) is 2.72. The Kier molecular flexibility index (Phi) is 4.09. The first-order valence-corrected chi connectivity index (χ1v) is 9.70. The Morgan fingerprint density at radius 3 is 2.24 bits per heavy atom. The highest BCUT2D eigenvalue weighted by Gasteiger charge is 2.45. The molecule has 3 atom stereocenters. The molecule has 5 rings (SSSR count). The molecule has 4 aliphatic rings. The number of carbonyl (C=O) groups is 3. The Morgan fingerprint density at radius 2 is 1.59 bits per heavy atom. The van der Waals surface area contributed by atoms with Gasteiger partial charge in [-0.2, -0.15) is 0 Å². The summed E-state index contributed by atoms with van der Waals surface area (Å²) in [4.78, 5) is 39.3. The first-order chi connectivity index (χ1) is 13.8. The van der Waals surface area contributed by atoms with Crippen molar-refractivity contribution in [1.82, 2.24) is 15.5 Å². The SMILES string of the molecule is O=C1CCC(N2Cc3c(c(F)c(F)c(F)c3N3CC4CCC(C3)N4)C2=O)C(=O)N1. The fraction of sp³-hybridized carbons (Fsp3) is 0.526. The molecule has 7 nitrogen and oxygen atoms in total. The van der Waals surface area contributed by atoms with Crippen molar-refractivity contribution in [3.8, 4) is 0 Å². The van der Waals surface area contributed by atoms with Gasteiger partial charge in [-0.25, -0.2) is 13.2 Å². The lowest BCUT2D eigenvalue weighted by molar-refractivity contribution is -0.136. The largest absolute Gasteiger partial charge is 0.366 e. The second-order valence-electron chi connectivity index (χ2n) is 8.09. The standard InChI is InChI=1S/C19H19F3N4O3/c20-14-13-10(7-26(19(13)29)11-3-4-12(27)24-18(11)28)17(16(22)15(14)21)25-5-8-1-2-9(6-25)23-8/h8-9,11,23H,1-7H2,(H,24,27,28). The van der Waals surface area contributed by atoms with Gasteiger partial charge >= 0.3 is 0 Å². The van der Waals surface area contributed by atoms with Crippen LogP contribution in [0.2, 0.25) is 0 Å². The maximum atomic E-state index is 14.9. The number of carbonyl (C=O) groups excluding carboxylic acids is 3. The minimum absolute atomic E-state index is 0.0374. The van der Waals surface area contributed by atoms with Crippen molar-refractivity contribution in [2.75, 3.05) is 18.0 Å². The normalized spacial score (nSPS) is 28.8. The van der Waals surface area contributed by atoms with E-state index in [0.717, 1.165) is 17.7 Å². The summed E-state index contributed by atoms with van der Waals surface area (Å²) < 4.78 is 43.8. The van der Waals surface area contributed by atoms with Gasteiger partial charge in [0.25, 0.3) is 5.91 Å². The maximum Gasteiger partial charge on any atom is 0.258 e. The molecule has 10 heteroatoms. The van der Waals surface area contributed by atoms with Crippen molar-refractivity contribution >= 4 is 23.4 Å². The molecule has 1 aromatic rings. The molecule has 2 N–H and O–H groups in total. The number of halogens is 3. The number of hydrogen-bond donors (Lipinski definition) is 2. The number of fused-ring (bicyclic) bond motifs is 3. The number of hydrogen-bond acceptors (Lipinski definition) is 5. The topological polar surface area (TPSA) is 81.8 Å². The summed E-state index contributed by atoms with van der Waals surface area (Å²) in [6.07, 6.45) is 1.95. The molecule has 3 amide bonds. The van der Waals surface area contributed by atoms with Gasteiger partial charge in [0.2, 0.25) is 11.8 Å². The van der Waals surface area contributed by atoms with Crippen LogP contribution in [0.4, 0.5) is 18.9 Å². The van der Waals surface area contributed by atoms with E-state index in [4.69, 9.17) is 0 Å². The summed E-state index contributed by atoms with van der Waals surface area (Å²) in [6.45, 7) is 0.651. The van der Waals surface area contributed by atoms with E-state index >= 15 is 0 Å². The molecule has 0 radical (unpaired) electrons. The fourth-order valence-electron chi connectivity index (χ4n) is 5.00. The lowest BCUT2D eigenvalue weighted by Crippen LogP contribution is -2.52. The van der Waals surface area contributed by atoms with Gasteiger partial charge in [0, 0.05) is 43.7 Å². The number of benzene rings is 1. The molecule has 4 aliphatic heterocycles. The Labute approximate surface area is 164 Å². The maximum absolute atomic E-state index is 14.9.